The van der Waals surface area contributed by atoms with Gasteiger partial charge in [-0.05, 0) is 12.8 Å². The Morgan fingerprint density at radius 1 is 1.18 bits per heavy atom. The van der Waals surface area contributed by atoms with E-state index in [1.54, 1.807) is 0 Å². The van der Waals surface area contributed by atoms with Gasteiger partial charge in [-0.2, -0.15) is 13.1 Å². The summed E-state index contributed by atoms with van der Waals surface area (Å²) < 4.78 is 26.4. The van der Waals surface area contributed by atoms with Crippen LogP contribution < -0.4 is 9.44 Å². The van der Waals surface area contributed by atoms with Crippen molar-refractivity contribution in [2.75, 3.05) is 7.05 Å². The molecule has 4 nitrogen and oxygen atoms in total. The van der Waals surface area contributed by atoms with Crippen LogP contribution in [0.25, 0.3) is 0 Å². The van der Waals surface area contributed by atoms with E-state index in [4.69, 9.17) is 0 Å². The van der Waals surface area contributed by atoms with Gasteiger partial charge in [0.05, 0.1) is 0 Å². The van der Waals surface area contributed by atoms with Crippen LogP contribution in [0, 0.1) is 5.92 Å². The summed E-state index contributed by atoms with van der Waals surface area (Å²) in [6.45, 7) is 5.76. The van der Waals surface area contributed by atoms with Crippen molar-refractivity contribution in [2.24, 2.45) is 5.92 Å². The van der Waals surface area contributed by atoms with E-state index >= 15 is 0 Å². The smallest absolute Gasteiger partial charge is 0.205 e. The Morgan fingerprint density at radius 3 is 1.91 bits per heavy atom. The highest BCUT2D eigenvalue weighted by molar-refractivity contribution is 7.87. The fourth-order valence-corrected chi connectivity index (χ4v) is 1.32. The van der Waals surface area contributed by atoms with Crippen LogP contribution in [0.1, 0.15) is 20.8 Å². The van der Waals surface area contributed by atoms with Gasteiger partial charge >= 0.3 is 0 Å². The number of hydrogen-bond acceptors (Lipinski definition) is 2. The minimum atomic E-state index is -3.26. The Bertz CT molecular complexity index is 199. The number of nitrogens with one attached hydrogen (secondary N) is 2. The maximum Gasteiger partial charge on any atom is 0.276 e. The van der Waals surface area contributed by atoms with Crippen LogP contribution in [-0.4, -0.2) is 21.5 Å². The lowest BCUT2D eigenvalue weighted by Gasteiger charge is -2.16. The third kappa shape index (κ3) is 4.34. The molecule has 5 heteroatoms. The number of rotatable bonds is 4. The molecule has 0 aromatic carbocycles. The van der Waals surface area contributed by atoms with Gasteiger partial charge in [0.2, 0.25) is 0 Å². The SMILES string of the molecule is CNS(=O)(=O)NC(C)C(C)C. The summed E-state index contributed by atoms with van der Waals surface area (Å²) in [6.07, 6.45) is 0. The lowest BCUT2D eigenvalue weighted by Crippen LogP contribution is -2.42. The van der Waals surface area contributed by atoms with Gasteiger partial charge in [0, 0.05) is 13.1 Å². The van der Waals surface area contributed by atoms with Crippen molar-refractivity contribution in [1.82, 2.24) is 9.44 Å². The maximum absolute atomic E-state index is 10.9. The lowest BCUT2D eigenvalue weighted by molar-refractivity contribution is 0.473. The molecule has 0 radical (unpaired) electrons. The van der Waals surface area contributed by atoms with Gasteiger partial charge in [0.25, 0.3) is 10.2 Å². The Balaban J connectivity index is 4.05. The van der Waals surface area contributed by atoms with Crippen LogP contribution in [0.4, 0.5) is 0 Å². The highest BCUT2D eigenvalue weighted by Gasteiger charge is 2.13. The van der Waals surface area contributed by atoms with E-state index in [9.17, 15) is 8.42 Å². The molecule has 0 saturated heterocycles. The molecular weight excluding hydrogens is 164 g/mol. The van der Waals surface area contributed by atoms with Gasteiger partial charge < -0.3 is 0 Å². The molecule has 0 rings (SSSR count). The molecule has 11 heavy (non-hydrogen) atoms. The van der Waals surface area contributed by atoms with Gasteiger partial charge in [0.1, 0.15) is 0 Å². The molecule has 0 fully saturated rings. The molecule has 0 bridgehead atoms. The van der Waals surface area contributed by atoms with Gasteiger partial charge in [0.15, 0.2) is 0 Å². The predicted molar refractivity (Wildman–Crippen MR) is 45.4 cm³/mol. The summed E-state index contributed by atoms with van der Waals surface area (Å²) in [6, 6.07) is -0.0348. The lowest BCUT2D eigenvalue weighted by atomic mass is 10.1. The van der Waals surface area contributed by atoms with Crippen LogP contribution >= 0.6 is 0 Å². The maximum atomic E-state index is 10.9. The van der Waals surface area contributed by atoms with Crippen molar-refractivity contribution in [3.8, 4) is 0 Å². The fraction of sp³-hybridized carbons (Fsp3) is 1.00. The third-order valence-corrected chi connectivity index (χ3v) is 2.83. The highest BCUT2D eigenvalue weighted by atomic mass is 32.2. The molecule has 0 saturated carbocycles. The fourth-order valence-electron chi connectivity index (χ4n) is 0.440. The summed E-state index contributed by atoms with van der Waals surface area (Å²) in [4.78, 5) is 0. The van der Waals surface area contributed by atoms with Crippen molar-refractivity contribution in [2.45, 2.75) is 26.8 Å². The van der Waals surface area contributed by atoms with Crippen molar-refractivity contribution in [3.05, 3.63) is 0 Å². The summed E-state index contributed by atoms with van der Waals surface area (Å²) in [5.41, 5.74) is 0. The summed E-state index contributed by atoms with van der Waals surface area (Å²) >= 11 is 0. The van der Waals surface area contributed by atoms with Crippen molar-refractivity contribution in [3.63, 3.8) is 0 Å². The van der Waals surface area contributed by atoms with E-state index in [0.29, 0.717) is 5.92 Å². The van der Waals surface area contributed by atoms with Gasteiger partial charge in [-0.25, -0.2) is 4.72 Å². The normalized spacial score (nSPS) is 15.4. The minimum Gasteiger partial charge on any atom is -0.205 e. The van der Waals surface area contributed by atoms with Crippen LogP contribution in [0.15, 0.2) is 0 Å². The van der Waals surface area contributed by atoms with Crippen molar-refractivity contribution in [1.29, 1.82) is 0 Å². The molecule has 1 atom stereocenters. The number of hydrogen-bond donors (Lipinski definition) is 2. The van der Waals surface area contributed by atoms with Crippen molar-refractivity contribution >= 4 is 10.2 Å². The molecule has 0 amide bonds. The second-order valence-corrected chi connectivity index (χ2v) is 4.51. The summed E-state index contributed by atoms with van der Waals surface area (Å²) in [7, 11) is -1.88. The van der Waals surface area contributed by atoms with E-state index in [2.05, 4.69) is 9.44 Å². The molecule has 0 aromatic rings. The van der Waals surface area contributed by atoms with Crippen LogP contribution in [-0.2, 0) is 10.2 Å². The van der Waals surface area contributed by atoms with E-state index in [1.165, 1.54) is 7.05 Å². The average Bonchev–Trinajstić information content (AvgIpc) is 1.87. The molecule has 1 unspecified atom stereocenters. The largest absolute Gasteiger partial charge is 0.276 e. The molecule has 68 valence electrons. The average molecular weight is 180 g/mol. The predicted octanol–water partition coefficient (Wildman–Crippen LogP) is 0.0847. The van der Waals surface area contributed by atoms with E-state index in [1.807, 2.05) is 20.8 Å². The monoisotopic (exact) mass is 180 g/mol. The Morgan fingerprint density at radius 2 is 1.64 bits per heavy atom. The zero-order valence-electron chi connectivity index (χ0n) is 7.38. The van der Waals surface area contributed by atoms with Crippen LogP contribution in [0.5, 0.6) is 0 Å². The van der Waals surface area contributed by atoms with Crippen LogP contribution in [0.2, 0.25) is 0 Å². The van der Waals surface area contributed by atoms with E-state index in [0.717, 1.165) is 0 Å². The molecular formula is C6H16N2O2S. The molecule has 2 N–H and O–H groups in total. The molecule has 0 aromatic heterocycles. The Hall–Kier alpha value is -0.130. The van der Waals surface area contributed by atoms with Gasteiger partial charge in [-0.3, -0.25) is 0 Å². The first-order chi connectivity index (χ1) is 4.89. The molecule has 0 aliphatic heterocycles. The second-order valence-electron chi connectivity index (χ2n) is 2.86. The molecule has 0 aliphatic rings. The first kappa shape index (κ1) is 10.9. The quantitative estimate of drug-likeness (QED) is 0.644. The molecule has 0 spiro atoms. The van der Waals surface area contributed by atoms with Gasteiger partial charge in [-0.15, -0.1) is 0 Å². The Kier molecular flexibility index (Phi) is 3.99. The zero-order valence-corrected chi connectivity index (χ0v) is 8.20. The second kappa shape index (κ2) is 4.04. The third-order valence-electron chi connectivity index (χ3n) is 1.61. The molecule has 0 heterocycles. The topological polar surface area (TPSA) is 58.2 Å². The van der Waals surface area contributed by atoms with Gasteiger partial charge in [-0.1, -0.05) is 13.8 Å². The minimum absolute atomic E-state index is 0.0348. The zero-order chi connectivity index (χ0) is 9.07. The summed E-state index contributed by atoms with van der Waals surface area (Å²) in [5, 5.41) is 0. The van der Waals surface area contributed by atoms with E-state index in [-0.39, 0.29) is 6.04 Å². The van der Waals surface area contributed by atoms with E-state index < -0.39 is 10.2 Å². The van der Waals surface area contributed by atoms with Crippen molar-refractivity contribution < 1.29 is 8.42 Å². The molecule has 0 aliphatic carbocycles. The van der Waals surface area contributed by atoms with Crippen LogP contribution in [0.3, 0.4) is 0 Å². The first-order valence-electron chi connectivity index (χ1n) is 3.60. The standard InChI is InChI=1S/C6H16N2O2S/c1-5(2)6(3)8-11(9,10)7-4/h5-8H,1-4H3. The highest BCUT2D eigenvalue weighted by Crippen LogP contribution is 2.00. The summed E-state index contributed by atoms with van der Waals surface area (Å²) in [5.74, 6) is 0.304. The Labute approximate surface area is 68.6 Å². The first-order valence-corrected chi connectivity index (χ1v) is 5.08.